The molecule has 0 aromatic carbocycles. The van der Waals surface area contributed by atoms with Crippen LogP contribution in [0.3, 0.4) is 0 Å². The van der Waals surface area contributed by atoms with Gasteiger partial charge >= 0.3 is 49.4 Å². The van der Waals surface area contributed by atoms with E-state index in [0.717, 1.165) is 0 Å². The quantitative estimate of drug-likeness (QED) is 0.201. The van der Waals surface area contributed by atoms with Crippen LogP contribution in [0.2, 0.25) is 0 Å². The van der Waals surface area contributed by atoms with E-state index in [4.69, 9.17) is 15.3 Å². The average molecular weight is 152 g/mol. The van der Waals surface area contributed by atoms with Crippen LogP contribution >= 0.6 is 7.87 Å². The Balaban J connectivity index is 3.85. The summed E-state index contributed by atoms with van der Waals surface area (Å²) in [5.74, 6) is 0. The molecule has 0 amide bonds. The molecule has 2 N–H and O–H groups in total. The summed E-state index contributed by atoms with van der Waals surface area (Å²) >= 11 is 0. The molecule has 0 heterocycles. The number of nitrogens with zero attached hydrogens (tertiary/aromatic N) is 4. The zero-order valence-corrected chi connectivity index (χ0v) is 5.30. The molecule has 0 aromatic heterocycles. The molecule has 52 valence electrons. The van der Waals surface area contributed by atoms with Gasteiger partial charge < -0.3 is 0 Å². The van der Waals surface area contributed by atoms with Gasteiger partial charge in [-0.15, -0.1) is 0 Å². The van der Waals surface area contributed by atoms with E-state index >= 15 is 0 Å². The molecule has 9 heavy (non-hydrogen) atoms. The first-order valence-corrected chi connectivity index (χ1v) is 3.97. The van der Waals surface area contributed by atoms with Crippen molar-refractivity contribution in [3.63, 3.8) is 0 Å². The molecule has 0 aliphatic rings. The molecular formula is CH5N4O3P. The van der Waals surface area contributed by atoms with Crippen molar-refractivity contribution in [1.82, 2.24) is 0 Å². The molecule has 7 nitrogen and oxygen atoms in total. The van der Waals surface area contributed by atoms with Crippen LogP contribution in [0.25, 0.3) is 10.4 Å². The van der Waals surface area contributed by atoms with Gasteiger partial charge in [-0.3, -0.25) is 0 Å². The molecule has 0 aliphatic carbocycles. The van der Waals surface area contributed by atoms with Crippen LogP contribution in [0.4, 0.5) is 0 Å². The fourth-order valence-electron chi connectivity index (χ4n) is 0.155. The molecule has 0 radical (unpaired) electrons. The second-order valence-electron chi connectivity index (χ2n) is 1.25. The first-order chi connectivity index (χ1) is 4.12. The van der Waals surface area contributed by atoms with Crippen molar-refractivity contribution in [1.29, 1.82) is 0 Å². The van der Waals surface area contributed by atoms with Crippen LogP contribution in [-0.4, -0.2) is 16.1 Å². The molecule has 0 rings (SSSR count). The number of hydrogen-bond donors (Lipinski definition) is 2. The van der Waals surface area contributed by atoms with E-state index in [9.17, 15) is 4.91 Å². The Hall–Kier alpha value is -0.740. The summed E-state index contributed by atoms with van der Waals surface area (Å²) in [5.41, 5.74) is 7.64. The van der Waals surface area contributed by atoms with Gasteiger partial charge in [0.05, 0.1) is 0 Å². The summed E-state index contributed by atoms with van der Waals surface area (Å²) in [6, 6.07) is 0. The van der Waals surface area contributed by atoms with E-state index < -0.39 is 14.2 Å². The van der Waals surface area contributed by atoms with Crippen molar-refractivity contribution in [2.45, 2.75) is 0 Å². The topological polar surface area (TPSA) is 119 Å². The number of azide groups is 1. The van der Waals surface area contributed by atoms with Crippen molar-refractivity contribution >= 4 is 7.87 Å². The Labute approximate surface area is 50.5 Å². The van der Waals surface area contributed by atoms with Gasteiger partial charge in [-0.25, -0.2) is 0 Å². The average Bonchev–Trinajstić information content (AvgIpc) is 1.84. The Morgan fingerprint density at radius 1 is 1.67 bits per heavy atom. The molecule has 0 atom stereocenters. The fraction of sp³-hybridized carbons (Fsp3) is 1.00. The summed E-state index contributed by atoms with van der Waals surface area (Å²) in [7, 11) is -4.05. The van der Waals surface area contributed by atoms with Crippen LogP contribution in [0, 0.1) is 4.91 Å². The standard InChI is InChI=1S/CH5N4O3P/c2-4-3-1-9(7,8)5-6/h7-9H,1H2. The zero-order valence-electron chi connectivity index (χ0n) is 4.30. The Morgan fingerprint density at radius 2 is 2.22 bits per heavy atom. The minimum atomic E-state index is -4.05. The summed E-state index contributed by atoms with van der Waals surface area (Å²) in [6.07, 6.45) is -0.632. The van der Waals surface area contributed by atoms with Gasteiger partial charge in [-0.1, -0.05) is 0 Å². The summed E-state index contributed by atoms with van der Waals surface area (Å²) < 4.78 is 0. The van der Waals surface area contributed by atoms with Gasteiger partial charge in [0.15, 0.2) is 0 Å². The summed E-state index contributed by atoms with van der Waals surface area (Å²) in [5, 5.41) is 2.76. The molecule has 0 saturated carbocycles. The van der Waals surface area contributed by atoms with Crippen molar-refractivity contribution < 1.29 is 9.79 Å². The first-order valence-electron chi connectivity index (χ1n) is 1.92. The third kappa shape index (κ3) is 3.81. The molecule has 0 aliphatic heterocycles. The van der Waals surface area contributed by atoms with E-state index in [-0.39, 0.29) is 0 Å². The maximum absolute atomic E-state index is 9.46. The third-order valence-corrected chi connectivity index (χ3v) is 1.35. The molecule has 0 saturated heterocycles. The molecular weight excluding hydrogens is 147 g/mol. The second kappa shape index (κ2) is 3.32. The minimum absolute atomic E-state index is 0.632. The van der Waals surface area contributed by atoms with E-state index in [1.807, 2.05) is 4.95 Å². The fourth-order valence-corrected chi connectivity index (χ4v) is 0.466. The molecule has 0 unspecified atom stereocenters. The first kappa shape index (κ1) is 8.26. The summed E-state index contributed by atoms with van der Waals surface area (Å²) in [6.45, 7) is 0. The molecule has 0 fully saturated rings. The van der Waals surface area contributed by atoms with E-state index in [0.29, 0.717) is 0 Å². The molecule has 8 heteroatoms. The van der Waals surface area contributed by atoms with Gasteiger partial charge in [0.25, 0.3) is 0 Å². The summed E-state index contributed by atoms with van der Waals surface area (Å²) in [4.78, 5) is 30.5. The normalized spacial score (nSPS) is 11.8. The van der Waals surface area contributed by atoms with E-state index in [1.54, 1.807) is 0 Å². The molecule has 0 bridgehead atoms. The Morgan fingerprint density at radius 3 is 2.56 bits per heavy atom. The van der Waals surface area contributed by atoms with Crippen molar-refractivity contribution in [3.05, 3.63) is 15.3 Å². The van der Waals surface area contributed by atoms with Gasteiger partial charge in [-0.2, -0.15) is 0 Å². The number of hydrogen-bond acceptors (Lipinski definition) is 5. The van der Waals surface area contributed by atoms with Gasteiger partial charge in [0, 0.05) is 0 Å². The van der Waals surface area contributed by atoms with Crippen LogP contribution < -0.4 is 0 Å². The van der Waals surface area contributed by atoms with Gasteiger partial charge in [-0.05, 0) is 0 Å². The zero-order chi connectivity index (χ0) is 7.33. The predicted octanol–water partition coefficient (Wildman–Crippen LogP) is 0.500. The van der Waals surface area contributed by atoms with E-state index in [2.05, 4.69) is 10.0 Å². The van der Waals surface area contributed by atoms with Crippen LogP contribution in [0.5, 0.6) is 0 Å². The van der Waals surface area contributed by atoms with Crippen molar-refractivity contribution in [2.75, 3.05) is 6.29 Å². The molecule has 0 aromatic rings. The van der Waals surface area contributed by atoms with Crippen LogP contribution in [-0.2, 0) is 0 Å². The monoisotopic (exact) mass is 152 g/mol. The Bertz CT molecular complexity index is 150. The van der Waals surface area contributed by atoms with Crippen molar-refractivity contribution in [2.24, 2.45) is 10.1 Å². The molecule has 0 spiro atoms. The second-order valence-corrected chi connectivity index (χ2v) is 3.30. The third-order valence-electron chi connectivity index (χ3n) is 0.492. The van der Waals surface area contributed by atoms with Crippen LogP contribution in [0.1, 0.15) is 0 Å². The SMILES string of the molecule is [N-]=[N+]=NC[PH](O)(O)N=O. The van der Waals surface area contributed by atoms with Gasteiger partial charge in [0.1, 0.15) is 0 Å². The van der Waals surface area contributed by atoms with E-state index in [1.165, 1.54) is 0 Å². The number of rotatable bonds is 3. The van der Waals surface area contributed by atoms with Crippen molar-refractivity contribution in [3.8, 4) is 0 Å². The number of nitroso groups, excluding NO2 is 1. The van der Waals surface area contributed by atoms with Gasteiger partial charge in [0.2, 0.25) is 0 Å². The maximum atomic E-state index is 9.46. The van der Waals surface area contributed by atoms with Crippen LogP contribution in [0.15, 0.2) is 10.1 Å². The predicted molar refractivity (Wildman–Crippen MR) is 32.6 cm³/mol. The Kier molecular flexibility index (Phi) is 3.05.